The van der Waals surface area contributed by atoms with Gasteiger partial charge in [0.2, 0.25) is 0 Å². The number of alkyl halides is 3. The lowest BCUT2D eigenvalue weighted by Crippen LogP contribution is -2.17. The van der Waals surface area contributed by atoms with E-state index in [2.05, 4.69) is 19.9 Å². The monoisotopic (exact) mass is 550 g/mol. The Hall–Kier alpha value is -4.19. The molecule has 0 bridgehead atoms. The van der Waals surface area contributed by atoms with Crippen LogP contribution in [0.15, 0.2) is 59.8 Å². The van der Waals surface area contributed by atoms with Gasteiger partial charge in [-0.25, -0.2) is 14.4 Å². The molecule has 0 aliphatic rings. The van der Waals surface area contributed by atoms with Gasteiger partial charge in [-0.1, -0.05) is 17.7 Å². The van der Waals surface area contributed by atoms with Gasteiger partial charge in [0.25, 0.3) is 11.6 Å². The van der Waals surface area contributed by atoms with E-state index in [4.69, 9.17) is 25.8 Å². The number of nitrogens with one attached hydrogen (secondary N) is 1. The lowest BCUT2D eigenvalue weighted by molar-refractivity contribution is -0.137. The molecule has 0 aliphatic heterocycles. The summed E-state index contributed by atoms with van der Waals surface area (Å²) in [6.07, 6.45) is -0.699. The van der Waals surface area contributed by atoms with Crippen LogP contribution in [0.5, 0.6) is 23.5 Å². The fourth-order valence-corrected chi connectivity index (χ4v) is 3.58. The van der Waals surface area contributed by atoms with Crippen LogP contribution in [-0.2, 0) is 12.6 Å². The highest BCUT2D eigenvalue weighted by Crippen LogP contribution is 2.38. The Labute approximate surface area is 218 Å². The molecule has 0 spiro atoms. The number of H-pyrrole nitrogens is 1. The van der Waals surface area contributed by atoms with Crippen LogP contribution in [0.2, 0.25) is 5.02 Å². The molecule has 0 saturated carbocycles. The second-order valence-corrected chi connectivity index (χ2v) is 8.39. The maximum Gasteiger partial charge on any atom is 0.417 e. The van der Waals surface area contributed by atoms with Gasteiger partial charge in [-0.05, 0) is 48.4 Å². The van der Waals surface area contributed by atoms with E-state index in [9.17, 15) is 22.4 Å². The van der Waals surface area contributed by atoms with E-state index in [1.165, 1.54) is 43.9 Å². The normalized spacial score (nSPS) is 12.2. The molecule has 38 heavy (non-hydrogen) atoms. The Morgan fingerprint density at radius 3 is 2.47 bits per heavy atom. The number of methoxy groups -OCH3 is 1. The van der Waals surface area contributed by atoms with Crippen molar-refractivity contribution in [3.8, 4) is 23.5 Å². The Kier molecular flexibility index (Phi) is 7.81. The third-order valence-corrected chi connectivity index (χ3v) is 5.62. The maximum atomic E-state index is 14.7. The molecule has 1 atom stereocenters. The van der Waals surface area contributed by atoms with Crippen molar-refractivity contribution in [1.29, 1.82) is 0 Å². The van der Waals surface area contributed by atoms with Crippen molar-refractivity contribution in [2.75, 3.05) is 7.11 Å². The van der Waals surface area contributed by atoms with E-state index in [0.717, 1.165) is 12.1 Å². The fourth-order valence-electron chi connectivity index (χ4n) is 3.35. The third kappa shape index (κ3) is 6.38. The average molecular weight is 551 g/mol. The largest absolute Gasteiger partial charge is 0.467 e. The van der Waals surface area contributed by atoms with Gasteiger partial charge >= 0.3 is 12.2 Å². The molecular formula is C25H19ClF4N4O4. The summed E-state index contributed by atoms with van der Waals surface area (Å²) in [5.41, 5.74) is -0.240. The van der Waals surface area contributed by atoms with Crippen molar-refractivity contribution < 1.29 is 31.8 Å². The zero-order valence-corrected chi connectivity index (χ0v) is 20.6. The number of ether oxygens (including phenoxy) is 3. The van der Waals surface area contributed by atoms with Gasteiger partial charge in [0.15, 0.2) is 11.6 Å². The van der Waals surface area contributed by atoms with E-state index in [0.29, 0.717) is 22.8 Å². The second kappa shape index (κ2) is 11.1. The summed E-state index contributed by atoms with van der Waals surface area (Å²) in [5, 5.41) is -0.499. The number of halogens is 5. The molecule has 2 aromatic heterocycles. The van der Waals surface area contributed by atoms with E-state index >= 15 is 0 Å². The number of aromatic amines is 1. The molecule has 2 aromatic carbocycles. The summed E-state index contributed by atoms with van der Waals surface area (Å²) >= 11 is 5.60. The molecule has 0 fully saturated rings. The van der Waals surface area contributed by atoms with Crippen LogP contribution < -0.4 is 19.8 Å². The molecule has 0 aliphatic carbocycles. The van der Waals surface area contributed by atoms with Crippen LogP contribution >= 0.6 is 11.6 Å². The fraction of sp³-hybridized carbons (Fsp3) is 0.200. The maximum absolute atomic E-state index is 14.7. The number of hydrogen-bond acceptors (Lipinski definition) is 7. The highest BCUT2D eigenvalue weighted by molar-refractivity contribution is 6.31. The molecule has 0 radical (unpaired) electrons. The number of nitrogens with zero attached hydrogens (tertiary/aromatic N) is 3. The van der Waals surface area contributed by atoms with Crippen molar-refractivity contribution >= 4 is 11.6 Å². The van der Waals surface area contributed by atoms with Gasteiger partial charge in [0.1, 0.15) is 11.9 Å². The molecular weight excluding hydrogens is 532 g/mol. The van der Waals surface area contributed by atoms with E-state index in [-0.39, 0.29) is 29.9 Å². The summed E-state index contributed by atoms with van der Waals surface area (Å²) in [7, 11) is 1.44. The minimum atomic E-state index is -4.69. The van der Waals surface area contributed by atoms with Crippen LogP contribution in [0, 0.1) is 5.82 Å². The third-order valence-electron chi connectivity index (χ3n) is 5.29. The van der Waals surface area contributed by atoms with E-state index in [1.807, 2.05) is 0 Å². The van der Waals surface area contributed by atoms with E-state index < -0.39 is 34.2 Å². The second-order valence-electron chi connectivity index (χ2n) is 7.98. The van der Waals surface area contributed by atoms with Crippen LogP contribution in [-0.4, -0.2) is 27.0 Å². The van der Waals surface area contributed by atoms with Crippen molar-refractivity contribution in [3.63, 3.8) is 0 Å². The van der Waals surface area contributed by atoms with Crippen LogP contribution in [0.3, 0.4) is 0 Å². The standard InChI is InChI=1S/C25H19ClF4N4O4/c1-13(37-24-33-12-16(22(35)34-24)7-14-10-31-23(36-2)32-11-14)15-3-6-21(20(27)8-15)38-17-4-5-19(26)18(9-17)25(28,29)30/h3-6,8-13H,7H2,1-2H3,(H,33,34,35). The quantitative estimate of drug-likeness (QED) is 0.273. The zero-order chi connectivity index (χ0) is 27.4. The van der Waals surface area contributed by atoms with Crippen LogP contribution in [0.25, 0.3) is 0 Å². The molecule has 4 rings (SSSR count). The smallest absolute Gasteiger partial charge is 0.417 e. The van der Waals surface area contributed by atoms with Crippen LogP contribution in [0.1, 0.15) is 35.3 Å². The lowest BCUT2D eigenvalue weighted by atomic mass is 10.1. The van der Waals surface area contributed by atoms with Crippen LogP contribution in [0.4, 0.5) is 17.6 Å². The summed E-state index contributed by atoms with van der Waals surface area (Å²) in [5.74, 6) is -1.37. The highest BCUT2D eigenvalue weighted by Gasteiger charge is 2.33. The van der Waals surface area contributed by atoms with E-state index in [1.54, 1.807) is 6.92 Å². The predicted octanol–water partition coefficient (Wildman–Crippen LogP) is 5.90. The molecule has 13 heteroatoms. The molecule has 4 aromatic rings. The summed E-state index contributed by atoms with van der Waals surface area (Å²) in [6.45, 7) is 1.60. The SMILES string of the molecule is COc1ncc(Cc2c[nH]c(OC(C)c3ccc(Oc4ccc(Cl)c(C(F)(F)F)c4)c(F)c3)nc2=O)cn1. The first kappa shape index (κ1) is 26.9. The Morgan fingerprint density at radius 2 is 1.84 bits per heavy atom. The summed E-state index contributed by atoms with van der Waals surface area (Å²) in [4.78, 5) is 27.1. The first-order valence-corrected chi connectivity index (χ1v) is 11.4. The predicted molar refractivity (Wildman–Crippen MR) is 128 cm³/mol. The summed E-state index contributed by atoms with van der Waals surface area (Å²) in [6, 6.07) is 6.86. The highest BCUT2D eigenvalue weighted by atomic mass is 35.5. The molecule has 0 saturated heterocycles. The summed E-state index contributed by atoms with van der Waals surface area (Å²) < 4.78 is 69.8. The minimum Gasteiger partial charge on any atom is -0.467 e. The van der Waals surface area contributed by atoms with Crippen molar-refractivity contribution in [2.24, 2.45) is 0 Å². The Morgan fingerprint density at radius 1 is 1.11 bits per heavy atom. The van der Waals surface area contributed by atoms with Gasteiger partial charge in [-0.3, -0.25) is 4.79 Å². The van der Waals surface area contributed by atoms with Gasteiger partial charge in [-0.2, -0.15) is 18.2 Å². The number of hydrogen-bond donors (Lipinski definition) is 1. The van der Waals surface area contributed by atoms with Gasteiger partial charge in [0.05, 0.1) is 17.7 Å². The topological polar surface area (TPSA) is 99.2 Å². The molecule has 2 heterocycles. The first-order chi connectivity index (χ1) is 18.0. The average Bonchev–Trinajstić information content (AvgIpc) is 2.87. The molecule has 1 N–H and O–H groups in total. The number of rotatable bonds is 8. The number of benzene rings is 2. The number of aromatic nitrogens is 4. The zero-order valence-electron chi connectivity index (χ0n) is 19.8. The Balaban J connectivity index is 1.43. The Bertz CT molecular complexity index is 1500. The molecule has 0 amide bonds. The van der Waals surface area contributed by atoms with Crippen molar-refractivity contribution in [2.45, 2.75) is 25.6 Å². The molecule has 8 nitrogen and oxygen atoms in total. The van der Waals surface area contributed by atoms with Crippen molar-refractivity contribution in [3.05, 3.63) is 98.4 Å². The first-order valence-electron chi connectivity index (χ1n) is 11.0. The van der Waals surface area contributed by atoms with Crippen molar-refractivity contribution in [1.82, 2.24) is 19.9 Å². The minimum absolute atomic E-state index is 0.0844. The van der Waals surface area contributed by atoms with Gasteiger partial charge in [0, 0.05) is 30.6 Å². The van der Waals surface area contributed by atoms with Gasteiger partial charge < -0.3 is 19.2 Å². The lowest BCUT2D eigenvalue weighted by Gasteiger charge is -2.16. The molecule has 1 unspecified atom stereocenters. The molecule has 198 valence electrons. The van der Waals surface area contributed by atoms with Gasteiger partial charge in [-0.15, -0.1) is 0 Å².